The molecule has 0 fully saturated rings. The van der Waals surface area contributed by atoms with Crippen molar-refractivity contribution in [3.05, 3.63) is 0 Å². The van der Waals surface area contributed by atoms with Crippen LogP contribution in [-0.2, 0) is 14.3 Å². The monoisotopic (exact) mass is 213 g/mol. The third kappa shape index (κ3) is 7.52. The van der Waals surface area contributed by atoms with Gasteiger partial charge in [0.05, 0.1) is 0 Å². The molecular formula is C10H15NO4. The lowest BCUT2D eigenvalue weighted by atomic mass is 10.2. The molecule has 0 aromatic rings. The van der Waals surface area contributed by atoms with Crippen LogP contribution in [0.25, 0.3) is 0 Å². The molecule has 0 saturated carbocycles. The van der Waals surface area contributed by atoms with E-state index in [4.69, 9.17) is 15.6 Å². The molecule has 0 aromatic heterocycles. The largest absolute Gasteiger partial charge is 0.481 e. The molecule has 0 rings (SSSR count). The van der Waals surface area contributed by atoms with E-state index in [1.54, 1.807) is 20.8 Å². The molecule has 84 valence electrons. The summed E-state index contributed by atoms with van der Waals surface area (Å²) in [4.78, 5) is 21.4. The van der Waals surface area contributed by atoms with Crippen molar-refractivity contribution in [3.8, 4) is 11.8 Å². The first-order valence-electron chi connectivity index (χ1n) is 4.41. The molecule has 5 heteroatoms. The molecule has 0 spiro atoms. The summed E-state index contributed by atoms with van der Waals surface area (Å²) in [6, 6.07) is -1.09. The van der Waals surface area contributed by atoms with Gasteiger partial charge in [0.25, 0.3) is 0 Å². The van der Waals surface area contributed by atoms with Crippen LogP contribution in [0.2, 0.25) is 0 Å². The first-order chi connectivity index (χ1) is 6.72. The zero-order valence-corrected chi connectivity index (χ0v) is 9.03. The Morgan fingerprint density at radius 1 is 1.47 bits per heavy atom. The Kier molecular flexibility index (Phi) is 4.82. The number of carbonyl (C=O) groups excluding carboxylic acids is 1. The third-order valence-electron chi connectivity index (χ3n) is 1.16. The summed E-state index contributed by atoms with van der Waals surface area (Å²) in [5.74, 6) is 2.88. The first kappa shape index (κ1) is 13.5. The fourth-order valence-electron chi connectivity index (χ4n) is 0.661. The number of ether oxygens (including phenoxy) is 1. The summed E-state index contributed by atoms with van der Waals surface area (Å²) >= 11 is 0. The van der Waals surface area contributed by atoms with Gasteiger partial charge in [0, 0.05) is 0 Å². The minimum atomic E-state index is -1.09. The van der Waals surface area contributed by atoms with Crippen LogP contribution in [0.15, 0.2) is 0 Å². The van der Waals surface area contributed by atoms with Crippen LogP contribution >= 0.6 is 0 Å². The molecule has 0 radical (unpaired) electrons. The van der Waals surface area contributed by atoms with Gasteiger partial charge in [-0.2, -0.15) is 0 Å². The number of aliphatic carboxylic acids is 1. The molecule has 1 atom stereocenters. The molecule has 0 amide bonds. The predicted molar refractivity (Wildman–Crippen MR) is 53.8 cm³/mol. The minimum absolute atomic E-state index is 0.337. The van der Waals surface area contributed by atoms with Gasteiger partial charge in [-0.15, -0.1) is 0 Å². The SMILES string of the molecule is CC(C)(C)OC(=O)C(N)C#CCC(=O)O. The molecule has 0 aliphatic carbocycles. The summed E-state index contributed by atoms with van der Waals surface area (Å²) in [5.41, 5.74) is 4.75. The molecule has 0 saturated heterocycles. The summed E-state index contributed by atoms with van der Waals surface area (Å²) in [6.45, 7) is 5.13. The van der Waals surface area contributed by atoms with E-state index in [9.17, 15) is 9.59 Å². The van der Waals surface area contributed by atoms with Crippen LogP contribution in [-0.4, -0.2) is 28.7 Å². The maximum Gasteiger partial charge on any atom is 0.336 e. The normalized spacial score (nSPS) is 12.3. The zero-order valence-electron chi connectivity index (χ0n) is 9.03. The average Bonchev–Trinajstić information content (AvgIpc) is 1.99. The van der Waals surface area contributed by atoms with E-state index in [0.717, 1.165) is 0 Å². The maximum atomic E-state index is 11.2. The van der Waals surface area contributed by atoms with Crippen molar-refractivity contribution in [3.63, 3.8) is 0 Å². The number of rotatable bonds is 2. The minimum Gasteiger partial charge on any atom is -0.481 e. The molecule has 3 N–H and O–H groups in total. The van der Waals surface area contributed by atoms with Crippen LogP contribution < -0.4 is 5.73 Å². The molecule has 0 aliphatic rings. The maximum absolute atomic E-state index is 11.2. The van der Waals surface area contributed by atoms with Gasteiger partial charge in [0.2, 0.25) is 0 Å². The van der Waals surface area contributed by atoms with Crippen LogP contribution in [0.3, 0.4) is 0 Å². The lowest BCUT2D eigenvalue weighted by Gasteiger charge is -2.20. The van der Waals surface area contributed by atoms with Crippen molar-refractivity contribution >= 4 is 11.9 Å². The summed E-state index contributed by atoms with van der Waals surface area (Å²) < 4.78 is 4.94. The second-order valence-corrected chi connectivity index (χ2v) is 3.90. The number of carbonyl (C=O) groups is 2. The summed E-state index contributed by atoms with van der Waals surface area (Å²) in [6.07, 6.45) is -0.337. The van der Waals surface area contributed by atoms with Crippen LogP contribution in [0, 0.1) is 11.8 Å². The van der Waals surface area contributed by atoms with E-state index in [1.165, 1.54) is 0 Å². The van der Waals surface area contributed by atoms with Crippen molar-refractivity contribution in [2.45, 2.75) is 38.8 Å². The third-order valence-corrected chi connectivity index (χ3v) is 1.16. The van der Waals surface area contributed by atoms with Gasteiger partial charge in [-0.1, -0.05) is 11.8 Å². The van der Waals surface area contributed by atoms with Gasteiger partial charge in [-0.25, -0.2) is 4.79 Å². The Bertz CT molecular complexity index is 306. The number of carboxylic acids is 1. The number of carboxylic acid groups (broad SMARTS) is 1. The fraction of sp³-hybridized carbons (Fsp3) is 0.600. The number of nitrogens with two attached hydrogens (primary N) is 1. The zero-order chi connectivity index (χ0) is 12.1. The van der Waals surface area contributed by atoms with E-state index >= 15 is 0 Å². The van der Waals surface area contributed by atoms with E-state index in [-0.39, 0.29) is 6.42 Å². The van der Waals surface area contributed by atoms with Gasteiger partial charge in [0.15, 0.2) is 6.04 Å². The molecule has 0 aliphatic heterocycles. The van der Waals surface area contributed by atoms with E-state index in [1.807, 2.05) is 0 Å². The number of hydrogen-bond acceptors (Lipinski definition) is 4. The smallest absolute Gasteiger partial charge is 0.336 e. The van der Waals surface area contributed by atoms with Crippen LogP contribution in [0.5, 0.6) is 0 Å². The molecule has 15 heavy (non-hydrogen) atoms. The van der Waals surface area contributed by atoms with Gasteiger partial charge in [-0.3, -0.25) is 4.79 Å². The molecule has 0 aromatic carbocycles. The molecule has 5 nitrogen and oxygen atoms in total. The van der Waals surface area contributed by atoms with Gasteiger partial charge in [-0.05, 0) is 20.8 Å². The molecular weight excluding hydrogens is 198 g/mol. The Morgan fingerprint density at radius 2 is 2.00 bits per heavy atom. The van der Waals surface area contributed by atoms with Gasteiger partial charge >= 0.3 is 11.9 Å². The number of esters is 1. The Hall–Kier alpha value is -1.54. The second kappa shape index (κ2) is 5.37. The van der Waals surface area contributed by atoms with Crippen molar-refractivity contribution < 1.29 is 19.4 Å². The highest BCUT2D eigenvalue weighted by Gasteiger charge is 2.20. The highest BCUT2D eigenvalue weighted by Crippen LogP contribution is 2.07. The number of hydrogen-bond donors (Lipinski definition) is 2. The lowest BCUT2D eigenvalue weighted by Crippen LogP contribution is -2.36. The lowest BCUT2D eigenvalue weighted by molar-refractivity contribution is -0.154. The van der Waals surface area contributed by atoms with Crippen LogP contribution in [0.1, 0.15) is 27.2 Å². The van der Waals surface area contributed by atoms with Crippen LogP contribution in [0.4, 0.5) is 0 Å². The highest BCUT2D eigenvalue weighted by molar-refractivity contribution is 5.80. The van der Waals surface area contributed by atoms with E-state index < -0.39 is 23.6 Å². The fourth-order valence-corrected chi connectivity index (χ4v) is 0.661. The second-order valence-electron chi connectivity index (χ2n) is 3.90. The predicted octanol–water partition coefficient (Wildman–Crippen LogP) is 0.133. The van der Waals surface area contributed by atoms with Crippen molar-refractivity contribution in [2.75, 3.05) is 0 Å². The average molecular weight is 213 g/mol. The Labute approximate surface area is 88.6 Å². The van der Waals surface area contributed by atoms with Gasteiger partial charge < -0.3 is 15.6 Å². The van der Waals surface area contributed by atoms with Gasteiger partial charge in [0.1, 0.15) is 12.0 Å². The van der Waals surface area contributed by atoms with E-state index in [2.05, 4.69) is 11.8 Å². The van der Waals surface area contributed by atoms with Crippen molar-refractivity contribution in [1.29, 1.82) is 0 Å². The first-order valence-corrected chi connectivity index (χ1v) is 4.41. The molecule has 1 unspecified atom stereocenters. The van der Waals surface area contributed by atoms with Crippen molar-refractivity contribution in [1.82, 2.24) is 0 Å². The standard InChI is InChI=1S/C10H15NO4/c1-10(2,3)15-9(14)7(11)5-4-6-8(12)13/h7H,6,11H2,1-3H3,(H,12,13). The van der Waals surface area contributed by atoms with Crippen molar-refractivity contribution in [2.24, 2.45) is 5.73 Å². The molecule has 0 heterocycles. The topological polar surface area (TPSA) is 89.6 Å². The summed E-state index contributed by atoms with van der Waals surface area (Å²) in [7, 11) is 0. The summed E-state index contributed by atoms with van der Waals surface area (Å²) in [5, 5.41) is 8.29. The Morgan fingerprint density at radius 3 is 2.40 bits per heavy atom. The highest BCUT2D eigenvalue weighted by atomic mass is 16.6. The Balaban J connectivity index is 4.20. The molecule has 0 bridgehead atoms. The quantitative estimate of drug-likeness (QED) is 0.503. The van der Waals surface area contributed by atoms with E-state index in [0.29, 0.717) is 0 Å².